The van der Waals surface area contributed by atoms with Crippen molar-refractivity contribution >= 4 is 5.91 Å². The zero-order valence-corrected chi connectivity index (χ0v) is 10.6. The van der Waals surface area contributed by atoms with E-state index in [2.05, 4.69) is 5.32 Å². The van der Waals surface area contributed by atoms with Crippen LogP contribution in [0, 0.1) is 18.7 Å². The van der Waals surface area contributed by atoms with Gasteiger partial charge in [0.15, 0.2) is 0 Å². The van der Waals surface area contributed by atoms with Crippen LogP contribution in [0.25, 0.3) is 0 Å². The van der Waals surface area contributed by atoms with Gasteiger partial charge >= 0.3 is 0 Å². The minimum absolute atomic E-state index is 0.127. The Morgan fingerprint density at radius 1 is 1.50 bits per heavy atom. The summed E-state index contributed by atoms with van der Waals surface area (Å²) in [6.45, 7) is 2.35. The van der Waals surface area contributed by atoms with Gasteiger partial charge in [0.05, 0.1) is 0 Å². The van der Waals surface area contributed by atoms with Crippen LogP contribution in [0.5, 0.6) is 0 Å². The Hall–Kier alpha value is -1.42. The van der Waals surface area contributed by atoms with Gasteiger partial charge in [0.2, 0.25) is 0 Å². The second-order valence-corrected chi connectivity index (χ2v) is 4.97. The lowest BCUT2D eigenvalue weighted by molar-refractivity contribution is 0.0928. The van der Waals surface area contributed by atoms with Crippen LogP contribution in [0.15, 0.2) is 18.2 Å². The Morgan fingerprint density at radius 3 is 2.94 bits per heavy atom. The summed E-state index contributed by atoms with van der Waals surface area (Å²) in [7, 11) is 0. The topological polar surface area (TPSA) is 55.1 Å². The van der Waals surface area contributed by atoms with Crippen molar-refractivity contribution in [2.45, 2.75) is 32.2 Å². The third kappa shape index (κ3) is 2.70. The normalized spacial score (nSPS) is 23.1. The molecule has 2 rings (SSSR count). The van der Waals surface area contributed by atoms with Crippen LogP contribution in [0.2, 0.25) is 0 Å². The minimum atomic E-state index is -0.315. The molecule has 1 aliphatic rings. The molecule has 3 N–H and O–H groups in total. The lowest BCUT2D eigenvalue weighted by atomic mass is 10.0. The van der Waals surface area contributed by atoms with Crippen molar-refractivity contribution < 1.29 is 9.18 Å². The van der Waals surface area contributed by atoms with Crippen LogP contribution >= 0.6 is 0 Å². The fourth-order valence-electron chi connectivity index (χ4n) is 2.64. The molecule has 4 heteroatoms. The Morgan fingerprint density at radius 2 is 2.28 bits per heavy atom. The van der Waals surface area contributed by atoms with E-state index in [1.165, 1.54) is 18.2 Å². The van der Waals surface area contributed by atoms with Gasteiger partial charge in [-0.05, 0) is 56.0 Å². The van der Waals surface area contributed by atoms with Gasteiger partial charge in [0, 0.05) is 11.6 Å². The monoisotopic (exact) mass is 250 g/mol. The number of hydrogen-bond donors (Lipinski definition) is 2. The maximum absolute atomic E-state index is 13.0. The molecule has 0 aliphatic heterocycles. The van der Waals surface area contributed by atoms with Crippen molar-refractivity contribution in [3.8, 4) is 0 Å². The number of benzene rings is 1. The van der Waals surface area contributed by atoms with E-state index in [1.54, 1.807) is 6.92 Å². The first-order valence-corrected chi connectivity index (χ1v) is 6.39. The van der Waals surface area contributed by atoms with Gasteiger partial charge in [-0.3, -0.25) is 4.79 Å². The molecule has 2 atom stereocenters. The summed E-state index contributed by atoms with van der Waals surface area (Å²) >= 11 is 0. The first-order chi connectivity index (χ1) is 8.61. The summed E-state index contributed by atoms with van der Waals surface area (Å²) in [6, 6.07) is 4.39. The highest BCUT2D eigenvalue weighted by Gasteiger charge is 2.27. The summed E-state index contributed by atoms with van der Waals surface area (Å²) in [5.74, 6) is -0.0719. The first kappa shape index (κ1) is 13.0. The molecule has 2 unspecified atom stereocenters. The van der Waals surface area contributed by atoms with E-state index in [0.717, 1.165) is 19.3 Å². The molecule has 1 fully saturated rings. The summed E-state index contributed by atoms with van der Waals surface area (Å²) in [4.78, 5) is 12.1. The fraction of sp³-hybridized carbons (Fsp3) is 0.500. The van der Waals surface area contributed by atoms with Gasteiger partial charge in [-0.2, -0.15) is 0 Å². The van der Waals surface area contributed by atoms with Crippen LogP contribution in [-0.4, -0.2) is 18.5 Å². The average Bonchev–Trinajstić information content (AvgIpc) is 2.76. The van der Waals surface area contributed by atoms with Crippen molar-refractivity contribution in [3.05, 3.63) is 35.1 Å². The van der Waals surface area contributed by atoms with Gasteiger partial charge in [0.25, 0.3) is 5.91 Å². The van der Waals surface area contributed by atoms with Crippen molar-refractivity contribution in [1.82, 2.24) is 5.32 Å². The molecule has 0 radical (unpaired) electrons. The van der Waals surface area contributed by atoms with E-state index in [1.807, 2.05) is 0 Å². The van der Waals surface area contributed by atoms with Crippen LogP contribution in [0.4, 0.5) is 4.39 Å². The van der Waals surface area contributed by atoms with E-state index < -0.39 is 0 Å². The zero-order valence-electron chi connectivity index (χ0n) is 10.6. The molecule has 0 spiro atoms. The molecule has 1 aromatic carbocycles. The molecule has 0 bridgehead atoms. The summed E-state index contributed by atoms with van der Waals surface area (Å²) in [5, 5.41) is 3.02. The largest absolute Gasteiger partial charge is 0.349 e. The number of carbonyl (C=O) groups is 1. The number of hydrogen-bond acceptors (Lipinski definition) is 2. The van der Waals surface area contributed by atoms with Gasteiger partial charge in [0.1, 0.15) is 5.82 Å². The molecule has 1 saturated carbocycles. The van der Waals surface area contributed by atoms with Crippen LogP contribution in [0.1, 0.15) is 35.2 Å². The fourth-order valence-corrected chi connectivity index (χ4v) is 2.64. The summed E-state index contributed by atoms with van der Waals surface area (Å²) < 4.78 is 13.0. The Kier molecular flexibility index (Phi) is 3.97. The molecular formula is C14H19FN2O. The molecule has 1 amide bonds. The van der Waals surface area contributed by atoms with E-state index in [4.69, 9.17) is 5.73 Å². The number of nitrogens with one attached hydrogen (secondary N) is 1. The van der Waals surface area contributed by atoms with Crippen LogP contribution in [0.3, 0.4) is 0 Å². The molecular weight excluding hydrogens is 231 g/mol. The SMILES string of the molecule is Cc1cc(F)ccc1C(=O)NC1CCCC1CN. The van der Waals surface area contributed by atoms with E-state index in [-0.39, 0.29) is 17.8 Å². The standard InChI is InChI=1S/C14H19FN2O/c1-9-7-11(15)5-6-12(9)14(18)17-13-4-2-3-10(13)8-16/h5-7,10,13H,2-4,8,16H2,1H3,(H,17,18). The molecule has 3 nitrogen and oxygen atoms in total. The first-order valence-electron chi connectivity index (χ1n) is 6.39. The second kappa shape index (κ2) is 5.48. The van der Waals surface area contributed by atoms with E-state index >= 15 is 0 Å². The highest BCUT2D eigenvalue weighted by molar-refractivity contribution is 5.95. The average molecular weight is 250 g/mol. The molecule has 0 saturated heterocycles. The van der Waals surface area contributed by atoms with Gasteiger partial charge in [-0.15, -0.1) is 0 Å². The zero-order chi connectivity index (χ0) is 13.1. The summed E-state index contributed by atoms with van der Waals surface area (Å²) in [5.41, 5.74) is 6.89. The summed E-state index contributed by atoms with van der Waals surface area (Å²) in [6.07, 6.45) is 3.16. The Bertz CT molecular complexity index is 447. The molecule has 98 valence electrons. The smallest absolute Gasteiger partial charge is 0.251 e. The Balaban J connectivity index is 2.07. The number of halogens is 1. The molecule has 18 heavy (non-hydrogen) atoms. The van der Waals surface area contributed by atoms with E-state index in [9.17, 15) is 9.18 Å². The van der Waals surface area contributed by atoms with Crippen LogP contribution < -0.4 is 11.1 Å². The van der Waals surface area contributed by atoms with Crippen molar-refractivity contribution in [2.75, 3.05) is 6.54 Å². The van der Waals surface area contributed by atoms with Crippen molar-refractivity contribution in [1.29, 1.82) is 0 Å². The highest BCUT2D eigenvalue weighted by Crippen LogP contribution is 2.25. The number of carbonyl (C=O) groups excluding carboxylic acids is 1. The lowest BCUT2D eigenvalue weighted by Gasteiger charge is -2.20. The quantitative estimate of drug-likeness (QED) is 0.862. The maximum Gasteiger partial charge on any atom is 0.251 e. The van der Waals surface area contributed by atoms with E-state index in [0.29, 0.717) is 23.6 Å². The number of aryl methyl sites for hydroxylation is 1. The number of rotatable bonds is 3. The predicted molar refractivity (Wildman–Crippen MR) is 68.8 cm³/mol. The molecule has 1 aromatic rings. The number of nitrogens with two attached hydrogens (primary N) is 1. The van der Waals surface area contributed by atoms with Gasteiger partial charge in [-0.25, -0.2) is 4.39 Å². The second-order valence-electron chi connectivity index (χ2n) is 4.97. The van der Waals surface area contributed by atoms with Crippen molar-refractivity contribution in [3.63, 3.8) is 0 Å². The highest BCUT2D eigenvalue weighted by atomic mass is 19.1. The maximum atomic E-state index is 13.0. The third-order valence-corrected chi connectivity index (χ3v) is 3.71. The molecule has 0 heterocycles. The van der Waals surface area contributed by atoms with Gasteiger partial charge in [-0.1, -0.05) is 6.42 Å². The molecule has 0 aromatic heterocycles. The lowest BCUT2D eigenvalue weighted by Crippen LogP contribution is -2.40. The predicted octanol–water partition coefficient (Wildman–Crippen LogP) is 1.99. The third-order valence-electron chi connectivity index (χ3n) is 3.71. The van der Waals surface area contributed by atoms with Crippen LogP contribution in [-0.2, 0) is 0 Å². The minimum Gasteiger partial charge on any atom is -0.349 e. The Labute approximate surface area is 107 Å². The molecule has 1 aliphatic carbocycles. The van der Waals surface area contributed by atoms with Crippen molar-refractivity contribution in [2.24, 2.45) is 11.7 Å². The number of amides is 1. The van der Waals surface area contributed by atoms with Gasteiger partial charge < -0.3 is 11.1 Å².